The number of unbranched alkanes of at least 4 members (excludes halogenated alkanes) is 7. The van der Waals surface area contributed by atoms with E-state index in [-0.39, 0.29) is 5.82 Å². The van der Waals surface area contributed by atoms with Gasteiger partial charge in [0.25, 0.3) is 0 Å². The quantitative estimate of drug-likeness (QED) is 0.500. The van der Waals surface area contributed by atoms with Gasteiger partial charge in [0.15, 0.2) is 0 Å². The molecular formula is C18H26FN. The zero-order valence-corrected chi connectivity index (χ0v) is 12.6. The lowest BCUT2D eigenvalue weighted by atomic mass is 10.1. The smallest absolute Gasteiger partial charge is 0.125 e. The van der Waals surface area contributed by atoms with Gasteiger partial charge in [0.2, 0.25) is 0 Å². The summed E-state index contributed by atoms with van der Waals surface area (Å²) in [5.41, 5.74) is 1.02. The van der Waals surface area contributed by atoms with Crippen molar-refractivity contribution in [1.82, 2.24) is 4.57 Å². The van der Waals surface area contributed by atoms with Crippen LogP contribution in [0.3, 0.4) is 0 Å². The second-order valence-electron chi connectivity index (χ2n) is 5.69. The highest BCUT2D eigenvalue weighted by atomic mass is 19.1. The van der Waals surface area contributed by atoms with Crippen LogP contribution in [0.15, 0.2) is 30.5 Å². The molecule has 0 saturated heterocycles. The molecule has 1 heterocycles. The van der Waals surface area contributed by atoms with Gasteiger partial charge in [-0.1, -0.05) is 51.9 Å². The van der Waals surface area contributed by atoms with Gasteiger partial charge >= 0.3 is 0 Å². The van der Waals surface area contributed by atoms with Gasteiger partial charge in [-0.3, -0.25) is 0 Å². The van der Waals surface area contributed by atoms with Crippen LogP contribution in [-0.2, 0) is 6.54 Å². The fourth-order valence-corrected chi connectivity index (χ4v) is 2.77. The predicted molar refractivity (Wildman–Crippen MR) is 84.5 cm³/mol. The van der Waals surface area contributed by atoms with E-state index in [0.717, 1.165) is 17.4 Å². The van der Waals surface area contributed by atoms with E-state index < -0.39 is 0 Å². The Morgan fingerprint density at radius 2 is 1.60 bits per heavy atom. The summed E-state index contributed by atoms with van der Waals surface area (Å²) in [5.74, 6) is -0.145. The van der Waals surface area contributed by atoms with Crippen molar-refractivity contribution in [2.24, 2.45) is 0 Å². The number of fused-ring (bicyclic) bond motifs is 1. The molecule has 2 heteroatoms. The molecule has 0 unspecified atom stereocenters. The second kappa shape index (κ2) is 8.08. The van der Waals surface area contributed by atoms with E-state index in [1.54, 1.807) is 6.07 Å². The lowest BCUT2D eigenvalue weighted by Gasteiger charge is -2.06. The largest absolute Gasteiger partial charge is 0.347 e. The molecule has 1 aromatic carbocycles. The topological polar surface area (TPSA) is 4.93 Å². The third-order valence-corrected chi connectivity index (χ3v) is 3.99. The number of aromatic nitrogens is 1. The Balaban J connectivity index is 1.69. The average molecular weight is 275 g/mol. The lowest BCUT2D eigenvalue weighted by Crippen LogP contribution is -1.96. The summed E-state index contributed by atoms with van der Waals surface area (Å²) in [5, 5.41) is 1.13. The minimum atomic E-state index is -0.145. The first-order chi connectivity index (χ1) is 9.81. The number of hydrogen-bond acceptors (Lipinski definition) is 0. The van der Waals surface area contributed by atoms with Crippen LogP contribution in [0.1, 0.15) is 58.3 Å². The molecule has 0 saturated carbocycles. The normalized spacial score (nSPS) is 11.3. The third-order valence-electron chi connectivity index (χ3n) is 3.99. The van der Waals surface area contributed by atoms with E-state index in [1.165, 1.54) is 57.4 Å². The molecule has 2 rings (SSSR count). The summed E-state index contributed by atoms with van der Waals surface area (Å²) in [6.45, 7) is 3.26. The summed E-state index contributed by atoms with van der Waals surface area (Å²) in [6.07, 6.45) is 12.7. The molecule has 0 bridgehead atoms. The van der Waals surface area contributed by atoms with Crippen LogP contribution in [0.2, 0.25) is 0 Å². The van der Waals surface area contributed by atoms with Crippen molar-refractivity contribution in [3.8, 4) is 0 Å². The van der Waals surface area contributed by atoms with Gasteiger partial charge in [-0.25, -0.2) is 4.39 Å². The number of hydrogen-bond donors (Lipinski definition) is 0. The van der Waals surface area contributed by atoms with Crippen molar-refractivity contribution < 1.29 is 4.39 Å². The van der Waals surface area contributed by atoms with Gasteiger partial charge < -0.3 is 4.57 Å². The molecule has 0 fully saturated rings. The Bertz CT molecular complexity index is 515. The van der Waals surface area contributed by atoms with E-state index in [4.69, 9.17) is 0 Å². The number of aryl methyl sites for hydroxylation is 1. The van der Waals surface area contributed by atoms with Gasteiger partial charge in [0, 0.05) is 12.7 Å². The second-order valence-corrected chi connectivity index (χ2v) is 5.69. The maximum absolute atomic E-state index is 13.3. The van der Waals surface area contributed by atoms with Gasteiger partial charge in [-0.15, -0.1) is 0 Å². The Labute approximate surface area is 121 Å². The molecule has 0 amide bonds. The van der Waals surface area contributed by atoms with Crippen LogP contribution in [0.5, 0.6) is 0 Å². The van der Waals surface area contributed by atoms with Crippen LogP contribution in [0.4, 0.5) is 4.39 Å². The first kappa shape index (κ1) is 15.1. The van der Waals surface area contributed by atoms with Gasteiger partial charge in [0.05, 0.1) is 5.52 Å². The van der Waals surface area contributed by atoms with E-state index in [0.29, 0.717) is 0 Å². The van der Waals surface area contributed by atoms with Crippen molar-refractivity contribution >= 4 is 10.9 Å². The highest BCUT2D eigenvalue weighted by molar-refractivity contribution is 5.80. The number of rotatable bonds is 9. The van der Waals surface area contributed by atoms with Crippen LogP contribution in [0, 0.1) is 5.82 Å². The number of halogens is 1. The molecule has 0 atom stereocenters. The SMILES string of the molecule is CCCCCCCCCCn1ccc2ccc(F)cc21. The Hall–Kier alpha value is -1.31. The summed E-state index contributed by atoms with van der Waals surface area (Å²) >= 11 is 0. The van der Waals surface area contributed by atoms with Gasteiger partial charge in [-0.2, -0.15) is 0 Å². The Morgan fingerprint density at radius 3 is 2.35 bits per heavy atom. The fourth-order valence-electron chi connectivity index (χ4n) is 2.77. The zero-order valence-electron chi connectivity index (χ0n) is 12.6. The molecule has 110 valence electrons. The highest BCUT2D eigenvalue weighted by Gasteiger charge is 2.02. The molecule has 1 aromatic heterocycles. The Kier molecular flexibility index (Phi) is 6.10. The molecule has 2 aromatic rings. The van der Waals surface area contributed by atoms with Gasteiger partial charge in [0.1, 0.15) is 5.82 Å². The minimum Gasteiger partial charge on any atom is -0.347 e. The summed E-state index contributed by atoms with van der Waals surface area (Å²) in [7, 11) is 0. The molecule has 0 N–H and O–H groups in total. The van der Waals surface area contributed by atoms with Crippen LogP contribution < -0.4 is 0 Å². The lowest BCUT2D eigenvalue weighted by molar-refractivity contribution is 0.548. The highest BCUT2D eigenvalue weighted by Crippen LogP contribution is 2.18. The average Bonchev–Trinajstić information content (AvgIpc) is 2.84. The maximum Gasteiger partial charge on any atom is 0.125 e. The summed E-state index contributed by atoms with van der Waals surface area (Å²) in [6, 6.07) is 7.09. The molecule has 0 aliphatic carbocycles. The maximum atomic E-state index is 13.3. The Morgan fingerprint density at radius 1 is 0.900 bits per heavy atom. The van der Waals surface area contributed by atoms with Gasteiger partial charge in [-0.05, 0) is 36.1 Å². The summed E-state index contributed by atoms with van der Waals surface area (Å²) < 4.78 is 15.4. The minimum absolute atomic E-state index is 0.145. The third kappa shape index (κ3) is 4.36. The van der Waals surface area contributed by atoms with Crippen molar-refractivity contribution in [2.75, 3.05) is 0 Å². The van der Waals surface area contributed by atoms with E-state index in [2.05, 4.69) is 23.8 Å². The molecule has 20 heavy (non-hydrogen) atoms. The van der Waals surface area contributed by atoms with E-state index >= 15 is 0 Å². The molecule has 0 radical (unpaired) electrons. The zero-order chi connectivity index (χ0) is 14.2. The standard InChI is InChI=1S/C18H26FN/c1-2-3-4-5-6-7-8-9-13-20-14-12-16-10-11-17(19)15-18(16)20/h10-12,14-15H,2-9,13H2,1H3. The predicted octanol–water partition coefficient (Wildman–Crippen LogP) is 5.92. The molecule has 0 aliphatic rings. The van der Waals surface area contributed by atoms with Crippen LogP contribution >= 0.6 is 0 Å². The molecular weight excluding hydrogens is 249 g/mol. The fraction of sp³-hybridized carbons (Fsp3) is 0.556. The summed E-state index contributed by atoms with van der Waals surface area (Å²) in [4.78, 5) is 0. The molecule has 1 nitrogen and oxygen atoms in total. The number of benzene rings is 1. The molecule has 0 aliphatic heterocycles. The van der Waals surface area contributed by atoms with Crippen LogP contribution in [0.25, 0.3) is 10.9 Å². The first-order valence-corrected chi connectivity index (χ1v) is 8.05. The van der Waals surface area contributed by atoms with Crippen molar-refractivity contribution in [3.05, 3.63) is 36.3 Å². The first-order valence-electron chi connectivity index (χ1n) is 8.05. The van der Waals surface area contributed by atoms with E-state index in [9.17, 15) is 4.39 Å². The van der Waals surface area contributed by atoms with Crippen LogP contribution in [-0.4, -0.2) is 4.57 Å². The molecule has 0 spiro atoms. The van der Waals surface area contributed by atoms with Crippen molar-refractivity contribution in [3.63, 3.8) is 0 Å². The number of nitrogens with zero attached hydrogens (tertiary/aromatic N) is 1. The van der Waals surface area contributed by atoms with Crippen molar-refractivity contribution in [2.45, 2.75) is 64.8 Å². The monoisotopic (exact) mass is 275 g/mol. The van der Waals surface area contributed by atoms with E-state index in [1.807, 2.05) is 6.07 Å². The van der Waals surface area contributed by atoms with Crippen molar-refractivity contribution in [1.29, 1.82) is 0 Å².